The lowest BCUT2D eigenvalue weighted by Crippen LogP contribution is -2.37. The third kappa shape index (κ3) is 6.00. The predicted molar refractivity (Wildman–Crippen MR) is 101 cm³/mol. The van der Waals surface area contributed by atoms with Gasteiger partial charge in [-0.3, -0.25) is 9.78 Å². The molecule has 2 heterocycles. The Labute approximate surface area is 156 Å². The molecule has 6 heteroatoms. The molecule has 2 N–H and O–H groups in total. The van der Waals surface area contributed by atoms with Crippen LogP contribution in [0.4, 0.5) is 4.79 Å². The van der Waals surface area contributed by atoms with Crippen molar-refractivity contribution >= 4 is 12.0 Å². The Morgan fingerprint density at radius 3 is 2.77 bits per heavy atom. The number of likely N-dealkylation sites (tertiary alicyclic amines) is 1. The maximum absolute atomic E-state index is 12.2. The monoisotopic (exact) mass is 361 g/mol. The Hall–Kier alpha value is -2.11. The van der Waals surface area contributed by atoms with Gasteiger partial charge in [0.1, 0.15) is 0 Å². The number of nitrogens with zero attached hydrogens (tertiary/aromatic N) is 2. The SMILES string of the molecule is CC(C)C(CCCCCCN1C(=O)CC[C@H]1c1cccnc1)NC(=O)O. The van der Waals surface area contributed by atoms with Crippen LogP contribution in [0.25, 0.3) is 0 Å². The van der Waals surface area contributed by atoms with Gasteiger partial charge in [-0.2, -0.15) is 0 Å². The van der Waals surface area contributed by atoms with Crippen LogP contribution < -0.4 is 5.32 Å². The van der Waals surface area contributed by atoms with E-state index in [2.05, 4.69) is 10.3 Å². The Bertz CT molecular complexity index is 577. The van der Waals surface area contributed by atoms with E-state index in [0.717, 1.165) is 50.6 Å². The highest BCUT2D eigenvalue weighted by atomic mass is 16.4. The number of aromatic nitrogens is 1. The van der Waals surface area contributed by atoms with E-state index in [0.29, 0.717) is 12.3 Å². The predicted octanol–water partition coefficient (Wildman–Crippen LogP) is 3.99. The standard InChI is InChI=1S/C20H31N3O3/c1-15(2)17(22-20(25)26)9-5-3-4-6-13-23-18(10-11-19(23)24)16-8-7-12-21-14-16/h7-8,12,14-15,17-18,22H,3-6,9-11,13H2,1-2H3,(H,25,26)/t17?,18-/m0/s1. The number of amides is 2. The lowest BCUT2D eigenvalue weighted by molar-refractivity contribution is -0.129. The molecule has 0 radical (unpaired) electrons. The average molecular weight is 361 g/mol. The van der Waals surface area contributed by atoms with E-state index in [1.165, 1.54) is 0 Å². The van der Waals surface area contributed by atoms with Crippen LogP contribution in [0.3, 0.4) is 0 Å². The van der Waals surface area contributed by atoms with E-state index >= 15 is 0 Å². The van der Waals surface area contributed by atoms with E-state index in [1.54, 1.807) is 6.20 Å². The molecule has 6 nitrogen and oxygen atoms in total. The van der Waals surface area contributed by atoms with Gasteiger partial charge in [0.25, 0.3) is 0 Å². The van der Waals surface area contributed by atoms with E-state index < -0.39 is 6.09 Å². The minimum absolute atomic E-state index is 0.0163. The topological polar surface area (TPSA) is 82.5 Å². The second-order valence-corrected chi connectivity index (χ2v) is 7.43. The fourth-order valence-electron chi connectivity index (χ4n) is 3.66. The highest BCUT2D eigenvalue weighted by Gasteiger charge is 2.31. The normalized spacial score (nSPS) is 18.3. The van der Waals surface area contributed by atoms with Crippen molar-refractivity contribution < 1.29 is 14.7 Å². The van der Waals surface area contributed by atoms with E-state index in [-0.39, 0.29) is 18.0 Å². The number of carbonyl (C=O) groups excluding carboxylic acids is 1. The van der Waals surface area contributed by atoms with Gasteiger partial charge >= 0.3 is 6.09 Å². The zero-order chi connectivity index (χ0) is 18.9. The highest BCUT2D eigenvalue weighted by molar-refractivity contribution is 5.79. The number of rotatable bonds is 10. The van der Waals surface area contributed by atoms with Gasteiger partial charge in [-0.1, -0.05) is 39.2 Å². The number of nitrogens with one attached hydrogen (secondary N) is 1. The van der Waals surface area contributed by atoms with Gasteiger partial charge in [-0.25, -0.2) is 4.79 Å². The van der Waals surface area contributed by atoms with Crippen molar-refractivity contribution in [3.63, 3.8) is 0 Å². The van der Waals surface area contributed by atoms with Crippen molar-refractivity contribution in [3.05, 3.63) is 30.1 Å². The van der Waals surface area contributed by atoms with Crippen molar-refractivity contribution in [2.45, 2.75) is 70.9 Å². The molecule has 1 aliphatic rings. The van der Waals surface area contributed by atoms with E-state index in [1.807, 2.05) is 37.1 Å². The maximum atomic E-state index is 12.2. The summed E-state index contributed by atoms with van der Waals surface area (Å²) in [6.07, 6.45) is 9.14. The summed E-state index contributed by atoms with van der Waals surface area (Å²) in [5.41, 5.74) is 1.12. The van der Waals surface area contributed by atoms with Gasteiger partial charge in [0.15, 0.2) is 0 Å². The summed E-state index contributed by atoms with van der Waals surface area (Å²) in [6.45, 7) is 4.87. The van der Waals surface area contributed by atoms with Crippen LogP contribution in [0.5, 0.6) is 0 Å². The minimum atomic E-state index is -0.947. The third-order valence-corrected chi connectivity index (χ3v) is 5.18. The largest absolute Gasteiger partial charge is 0.465 e. The van der Waals surface area contributed by atoms with Crippen LogP contribution >= 0.6 is 0 Å². The van der Waals surface area contributed by atoms with Crippen LogP contribution in [0.2, 0.25) is 0 Å². The molecule has 1 aromatic heterocycles. The first-order chi connectivity index (χ1) is 12.5. The van der Waals surface area contributed by atoms with Crippen LogP contribution in [0.1, 0.15) is 70.4 Å². The highest BCUT2D eigenvalue weighted by Crippen LogP contribution is 2.32. The molecule has 2 rings (SSSR count). The van der Waals surface area contributed by atoms with Crippen LogP contribution in [-0.2, 0) is 4.79 Å². The quantitative estimate of drug-likeness (QED) is 0.617. The molecule has 1 unspecified atom stereocenters. The first-order valence-corrected chi connectivity index (χ1v) is 9.68. The lowest BCUT2D eigenvalue weighted by Gasteiger charge is -2.25. The van der Waals surface area contributed by atoms with Crippen molar-refractivity contribution in [1.82, 2.24) is 15.2 Å². The molecule has 144 valence electrons. The van der Waals surface area contributed by atoms with Crippen molar-refractivity contribution in [2.24, 2.45) is 5.92 Å². The van der Waals surface area contributed by atoms with E-state index in [4.69, 9.17) is 5.11 Å². The summed E-state index contributed by atoms with van der Waals surface area (Å²) in [6, 6.07) is 4.15. The smallest absolute Gasteiger partial charge is 0.404 e. The fraction of sp³-hybridized carbons (Fsp3) is 0.650. The van der Waals surface area contributed by atoms with Gasteiger partial charge in [0.2, 0.25) is 5.91 Å². The molecule has 1 fully saturated rings. The number of hydrogen-bond acceptors (Lipinski definition) is 3. The van der Waals surface area contributed by atoms with Crippen molar-refractivity contribution in [3.8, 4) is 0 Å². The van der Waals surface area contributed by atoms with Crippen molar-refractivity contribution in [2.75, 3.05) is 6.54 Å². The molecule has 2 atom stereocenters. The molecule has 0 spiro atoms. The molecule has 0 bridgehead atoms. The molecule has 26 heavy (non-hydrogen) atoms. The first-order valence-electron chi connectivity index (χ1n) is 9.68. The molecular formula is C20H31N3O3. The lowest BCUT2D eigenvalue weighted by atomic mass is 9.97. The van der Waals surface area contributed by atoms with Gasteiger partial charge in [-0.05, 0) is 36.8 Å². The first kappa shape index (κ1) is 20.2. The molecule has 0 saturated carbocycles. The molecule has 0 aromatic carbocycles. The zero-order valence-corrected chi connectivity index (χ0v) is 15.9. The Morgan fingerprint density at radius 2 is 2.12 bits per heavy atom. The summed E-state index contributed by atoms with van der Waals surface area (Å²) >= 11 is 0. The second kappa shape index (κ2) is 10.1. The zero-order valence-electron chi connectivity index (χ0n) is 15.9. The summed E-state index contributed by atoms with van der Waals surface area (Å²) in [5, 5.41) is 11.5. The molecule has 1 aliphatic heterocycles. The average Bonchev–Trinajstić information content (AvgIpc) is 2.98. The van der Waals surface area contributed by atoms with Crippen LogP contribution in [-0.4, -0.2) is 39.6 Å². The molecule has 1 aromatic rings. The number of pyridine rings is 1. The van der Waals surface area contributed by atoms with Gasteiger partial charge < -0.3 is 15.3 Å². The van der Waals surface area contributed by atoms with Gasteiger partial charge in [-0.15, -0.1) is 0 Å². The molecule has 0 aliphatic carbocycles. The van der Waals surface area contributed by atoms with E-state index in [9.17, 15) is 9.59 Å². The summed E-state index contributed by atoms with van der Waals surface area (Å²) < 4.78 is 0. The van der Waals surface area contributed by atoms with Crippen LogP contribution in [0, 0.1) is 5.92 Å². The van der Waals surface area contributed by atoms with Crippen molar-refractivity contribution in [1.29, 1.82) is 0 Å². The van der Waals surface area contributed by atoms with Gasteiger partial charge in [0.05, 0.1) is 6.04 Å². The Morgan fingerprint density at radius 1 is 1.35 bits per heavy atom. The Kier molecular flexibility index (Phi) is 7.88. The number of carboxylic acid groups (broad SMARTS) is 1. The second-order valence-electron chi connectivity index (χ2n) is 7.43. The van der Waals surface area contributed by atoms with Crippen LogP contribution in [0.15, 0.2) is 24.5 Å². The molecule has 2 amide bonds. The maximum Gasteiger partial charge on any atom is 0.404 e. The number of unbranched alkanes of at least 4 members (excludes halogenated alkanes) is 3. The molecule has 1 saturated heterocycles. The number of hydrogen-bond donors (Lipinski definition) is 2. The van der Waals surface area contributed by atoms with Gasteiger partial charge in [0, 0.05) is 31.4 Å². The minimum Gasteiger partial charge on any atom is -0.465 e. The summed E-state index contributed by atoms with van der Waals surface area (Å²) in [5.74, 6) is 0.540. The summed E-state index contributed by atoms with van der Waals surface area (Å²) in [4.78, 5) is 29.2. The summed E-state index contributed by atoms with van der Waals surface area (Å²) in [7, 11) is 0. The number of carbonyl (C=O) groups is 2. The molecular weight excluding hydrogens is 330 g/mol. The Balaban J connectivity index is 1.70. The fourth-order valence-corrected chi connectivity index (χ4v) is 3.66. The third-order valence-electron chi connectivity index (χ3n) is 5.18.